The number of nitrogens with zero attached hydrogens (tertiary/aromatic N) is 2. The molecule has 1 rings (SSSR count). The number of aliphatic carboxylic acids is 1. The van der Waals surface area contributed by atoms with Crippen LogP contribution in [0, 0.1) is 0 Å². The molecule has 1 aliphatic carbocycles. The molecule has 0 atom stereocenters. The molecule has 1 fully saturated rings. The van der Waals surface area contributed by atoms with Gasteiger partial charge in [0.15, 0.2) is 0 Å². The predicted molar refractivity (Wildman–Crippen MR) is 64.8 cm³/mol. The van der Waals surface area contributed by atoms with Crippen LogP contribution in [0.4, 0.5) is 4.79 Å². The van der Waals surface area contributed by atoms with Crippen molar-refractivity contribution in [1.82, 2.24) is 9.80 Å². The lowest BCUT2D eigenvalue weighted by molar-refractivity contribution is -0.137. The van der Waals surface area contributed by atoms with Gasteiger partial charge in [0.1, 0.15) is 0 Å². The zero-order valence-electron chi connectivity index (χ0n) is 10.3. The second-order valence-corrected chi connectivity index (χ2v) is 4.18. The van der Waals surface area contributed by atoms with Crippen LogP contribution in [-0.4, -0.2) is 52.6 Å². The van der Waals surface area contributed by atoms with Gasteiger partial charge >= 0.3 is 12.0 Å². The summed E-state index contributed by atoms with van der Waals surface area (Å²) < 4.78 is 0. The number of carbonyl (C=O) groups is 2. The van der Waals surface area contributed by atoms with Gasteiger partial charge in [-0.3, -0.25) is 4.79 Å². The highest BCUT2D eigenvalue weighted by atomic mass is 16.4. The molecule has 0 heterocycles. The maximum atomic E-state index is 12.2. The quantitative estimate of drug-likeness (QED) is 0.687. The van der Waals surface area contributed by atoms with Crippen molar-refractivity contribution in [2.24, 2.45) is 0 Å². The van der Waals surface area contributed by atoms with Crippen LogP contribution < -0.4 is 0 Å². The van der Waals surface area contributed by atoms with Crippen molar-refractivity contribution in [3.05, 3.63) is 12.7 Å². The van der Waals surface area contributed by atoms with Gasteiger partial charge in [-0.05, 0) is 19.8 Å². The van der Waals surface area contributed by atoms with E-state index in [2.05, 4.69) is 6.58 Å². The van der Waals surface area contributed by atoms with Crippen LogP contribution in [0.25, 0.3) is 0 Å². The van der Waals surface area contributed by atoms with E-state index in [1.165, 1.54) is 0 Å². The molecule has 0 aromatic rings. The maximum Gasteiger partial charge on any atom is 0.320 e. The molecule has 0 radical (unpaired) electrons. The Balaban J connectivity index is 2.58. The second kappa shape index (κ2) is 6.27. The predicted octanol–water partition coefficient (Wildman–Crippen LogP) is 1.55. The average Bonchev–Trinajstić information content (AvgIpc) is 3.09. The lowest BCUT2D eigenvalue weighted by atomic mass is 10.3. The lowest BCUT2D eigenvalue weighted by Crippen LogP contribution is -2.45. The summed E-state index contributed by atoms with van der Waals surface area (Å²) in [5.41, 5.74) is 0. The van der Waals surface area contributed by atoms with Crippen LogP contribution >= 0.6 is 0 Å². The number of carboxylic acid groups (broad SMARTS) is 1. The van der Waals surface area contributed by atoms with Gasteiger partial charge in [0.2, 0.25) is 0 Å². The molecule has 0 aliphatic heterocycles. The number of likely N-dealkylation sites (N-methyl/N-ethyl adjacent to an activating group) is 1. The largest absolute Gasteiger partial charge is 0.481 e. The molecule has 5 nitrogen and oxygen atoms in total. The Kier molecular flexibility index (Phi) is 5.00. The van der Waals surface area contributed by atoms with Crippen LogP contribution in [0.5, 0.6) is 0 Å². The fraction of sp³-hybridized carbons (Fsp3) is 0.667. The lowest BCUT2D eigenvalue weighted by Gasteiger charge is -2.29. The van der Waals surface area contributed by atoms with Gasteiger partial charge in [-0.2, -0.15) is 0 Å². The molecule has 0 aromatic heterocycles. The standard InChI is InChI=1S/C12H20N2O3/c1-3-8-13(4-2)12(17)14(10-5-6-10)9-7-11(15)16/h3,10H,1,4-9H2,2H3,(H,15,16). The molecule has 1 aliphatic rings. The van der Waals surface area contributed by atoms with Crippen LogP contribution in [0.3, 0.4) is 0 Å². The summed E-state index contributed by atoms with van der Waals surface area (Å²) in [6.45, 7) is 6.94. The van der Waals surface area contributed by atoms with Crippen LogP contribution in [-0.2, 0) is 4.79 Å². The molecule has 1 saturated carbocycles. The molecule has 0 bridgehead atoms. The van der Waals surface area contributed by atoms with Crippen molar-refractivity contribution in [2.45, 2.75) is 32.2 Å². The molecule has 96 valence electrons. The fourth-order valence-corrected chi connectivity index (χ4v) is 1.72. The number of urea groups is 1. The van der Waals surface area contributed by atoms with Gasteiger partial charge in [0.05, 0.1) is 6.42 Å². The summed E-state index contributed by atoms with van der Waals surface area (Å²) in [6.07, 6.45) is 3.66. The number of carboxylic acids is 1. The SMILES string of the molecule is C=CCN(CC)C(=O)N(CCC(=O)O)C1CC1. The molecular weight excluding hydrogens is 220 g/mol. The summed E-state index contributed by atoms with van der Waals surface area (Å²) in [7, 11) is 0. The molecule has 0 saturated heterocycles. The number of carbonyl (C=O) groups excluding carboxylic acids is 1. The molecule has 1 N–H and O–H groups in total. The van der Waals surface area contributed by atoms with Crippen LogP contribution in [0.1, 0.15) is 26.2 Å². The van der Waals surface area contributed by atoms with Gasteiger partial charge in [0.25, 0.3) is 0 Å². The summed E-state index contributed by atoms with van der Waals surface area (Å²) >= 11 is 0. The average molecular weight is 240 g/mol. The summed E-state index contributed by atoms with van der Waals surface area (Å²) in [6, 6.07) is 0.164. The van der Waals surface area contributed by atoms with E-state index < -0.39 is 5.97 Å². The van der Waals surface area contributed by atoms with Crippen molar-refractivity contribution in [2.75, 3.05) is 19.6 Å². The van der Waals surface area contributed by atoms with Gasteiger partial charge in [-0.1, -0.05) is 6.08 Å². The smallest absolute Gasteiger partial charge is 0.320 e. The van der Waals surface area contributed by atoms with Crippen molar-refractivity contribution < 1.29 is 14.7 Å². The Bertz CT molecular complexity index is 300. The number of amides is 2. The summed E-state index contributed by atoms with van der Waals surface area (Å²) in [4.78, 5) is 26.1. The van der Waals surface area contributed by atoms with E-state index in [4.69, 9.17) is 5.11 Å². The molecule has 0 unspecified atom stereocenters. The third-order valence-electron chi connectivity index (χ3n) is 2.80. The first-order valence-electron chi connectivity index (χ1n) is 5.98. The molecular formula is C12H20N2O3. The Labute approximate surface area is 102 Å². The first-order valence-corrected chi connectivity index (χ1v) is 5.98. The third-order valence-corrected chi connectivity index (χ3v) is 2.80. The van der Waals surface area contributed by atoms with E-state index >= 15 is 0 Å². The first-order chi connectivity index (χ1) is 8.10. The Morgan fingerprint density at radius 3 is 2.53 bits per heavy atom. The third kappa shape index (κ3) is 4.09. The zero-order valence-corrected chi connectivity index (χ0v) is 10.3. The molecule has 17 heavy (non-hydrogen) atoms. The van der Waals surface area contributed by atoms with Crippen molar-refractivity contribution in [3.8, 4) is 0 Å². The van der Waals surface area contributed by atoms with Crippen LogP contribution in [0.2, 0.25) is 0 Å². The summed E-state index contributed by atoms with van der Waals surface area (Å²) in [5.74, 6) is -0.866. The molecule has 5 heteroatoms. The molecule has 2 amide bonds. The first kappa shape index (κ1) is 13.5. The zero-order chi connectivity index (χ0) is 12.8. The van der Waals surface area contributed by atoms with Gasteiger partial charge < -0.3 is 14.9 Å². The van der Waals surface area contributed by atoms with Gasteiger partial charge in [-0.15, -0.1) is 6.58 Å². The second-order valence-electron chi connectivity index (χ2n) is 4.18. The Hall–Kier alpha value is -1.52. The molecule has 0 spiro atoms. The van der Waals surface area contributed by atoms with E-state index in [-0.39, 0.29) is 18.5 Å². The Morgan fingerprint density at radius 1 is 1.47 bits per heavy atom. The minimum atomic E-state index is -0.866. The highest BCUT2D eigenvalue weighted by molar-refractivity contribution is 5.76. The minimum Gasteiger partial charge on any atom is -0.481 e. The highest BCUT2D eigenvalue weighted by Crippen LogP contribution is 2.27. The van der Waals surface area contributed by atoms with E-state index in [9.17, 15) is 9.59 Å². The normalized spacial score (nSPS) is 14.2. The number of hydrogen-bond acceptors (Lipinski definition) is 2. The highest BCUT2D eigenvalue weighted by Gasteiger charge is 2.34. The maximum absolute atomic E-state index is 12.2. The van der Waals surface area contributed by atoms with E-state index in [1.54, 1.807) is 15.9 Å². The van der Waals surface area contributed by atoms with Crippen molar-refractivity contribution >= 4 is 12.0 Å². The van der Waals surface area contributed by atoms with E-state index in [0.29, 0.717) is 19.6 Å². The monoisotopic (exact) mass is 240 g/mol. The van der Waals surface area contributed by atoms with Crippen LogP contribution in [0.15, 0.2) is 12.7 Å². The minimum absolute atomic E-state index is 0.00782. The van der Waals surface area contributed by atoms with Gasteiger partial charge in [-0.25, -0.2) is 4.79 Å². The topological polar surface area (TPSA) is 60.9 Å². The van der Waals surface area contributed by atoms with Crippen molar-refractivity contribution in [1.29, 1.82) is 0 Å². The number of hydrogen-bond donors (Lipinski definition) is 1. The van der Waals surface area contributed by atoms with Gasteiger partial charge in [0, 0.05) is 25.7 Å². The number of rotatable bonds is 7. The van der Waals surface area contributed by atoms with Crippen molar-refractivity contribution in [3.63, 3.8) is 0 Å². The van der Waals surface area contributed by atoms with E-state index in [1.807, 2.05) is 6.92 Å². The molecule has 0 aromatic carbocycles. The Morgan fingerprint density at radius 2 is 2.12 bits per heavy atom. The summed E-state index contributed by atoms with van der Waals surface area (Å²) in [5, 5.41) is 8.68. The van der Waals surface area contributed by atoms with E-state index in [0.717, 1.165) is 12.8 Å². The fourth-order valence-electron chi connectivity index (χ4n) is 1.72.